The number of aromatic nitrogens is 3. The van der Waals surface area contributed by atoms with E-state index < -0.39 is 11.2 Å². The highest BCUT2D eigenvalue weighted by atomic mass is 32.2. The zero-order valence-corrected chi connectivity index (χ0v) is 18.9. The van der Waals surface area contributed by atoms with Crippen LogP contribution in [0.1, 0.15) is 36.5 Å². The van der Waals surface area contributed by atoms with E-state index in [0.717, 1.165) is 26.9 Å². The summed E-state index contributed by atoms with van der Waals surface area (Å²) >= 11 is 1.30. The Morgan fingerprint density at radius 3 is 2.33 bits per heavy atom. The highest BCUT2D eigenvalue weighted by molar-refractivity contribution is 8.00. The number of nitrogens with one attached hydrogen (secondary N) is 1. The number of hydrogen-bond donors (Lipinski definition) is 1. The van der Waals surface area contributed by atoms with E-state index in [1.54, 1.807) is 13.2 Å². The molecule has 8 heteroatoms. The van der Waals surface area contributed by atoms with Crippen molar-refractivity contribution in [1.82, 2.24) is 14.1 Å². The van der Waals surface area contributed by atoms with Crippen molar-refractivity contribution in [2.75, 3.05) is 11.1 Å². The number of pyridine rings is 1. The summed E-state index contributed by atoms with van der Waals surface area (Å²) in [5.74, 6) is 0.0813. The molecule has 3 aromatic rings. The molecule has 0 aliphatic heterocycles. The molecule has 2 aromatic heterocycles. The number of benzene rings is 1. The Morgan fingerprint density at radius 1 is 1.10 bits per heavy atom. The molecule has 158 valence electrons. The average Bonchev–Trinajstić information content (AvgIpc) is 2.67. The van der Waals surface area contributed by atoms with Crippen LogP contribution in [0.4, 0.5) is 5.69 Å². The summed E-state index contributed by atoms with van der Waals surface area (Å²) in [5, 5.41) is 3.29. The first-order valence-corrected chi connectivity index (χ1v) is 10.7. The van der Waals surface area contributed by atoms with Crippen LogP contribution in [0, 0.1) is 13.8 Å². The Labute approximate surface area is 179 Å². The second kappa shape index (κ2) is 8.47. The van der Waals surface area contributed by atoms with Crippen molar-refractivity contribution in [3.05, 3.63) is 61.9 Å². The second-order valence-electron chi connectivity index (χ2n) is 7.81. The van der Waals surface area contributed by atoms with Crippen molar-refractivity contribution < 1.29 is 4.79 Å². The van der Waals surface area contributed by atoms with Crippen LogP contribution in [0.5, 0.6) is 0 Å². The largest absolute Gasteiger partial charge is 0.332 e. The Morgan fingerprint density at radius 2 is 1.73 bits per heavy atom. The van der Waals surface area contributed by atoms with Crippen LogP contribution in [0.15, 0.2) is 38.9 Å². The fraction of sp³-hybridized carbons (Fsp3) is 0.364. The lowest BCUT2D eigenvalue weighted by Crippen LogP contribution is -2.37. The third-order valence-corrected chi connectivity index (χ3v) is 6.06. The van der Waals surface area contributed by atoms with Gasteiger partial charge in [-0.2, -0.15) is 0 Å². The number of rotatable bonds is 5. The maximum absolute atomic E-state index is 12.9. The van der Waals surface area contributed by atoms with Gasteiger partial charge < -0.3 is 5.32 Å². The number of hydrogen-bond acceptors (Lipinski definition) is 5. The van der Waals surface area contributed by atoms with Gasteiger partial charge in [0.05, 0.1) is 11.1 Å². The molecule has 30 heavy (non-hydrogen) atoms. The van der Waals surface area contributed by atoms with Crippen LogP contribution < -0.4 is 16.6 Å². The number of thioether (sulfide) groups is 1. The molecule has 0 spiro atoms. The maximum atomic E-state index is 12.9. The summed E-state index contributed by atoms with van der Waals surface area (Å²) in [6.45, 7) is 7.98. The van der Waals surface area contributed by atoms with Gasteiger partial charge in [0.15, 0.2) is 0 Å². The van der Waals surface area contributed by atoms with Crippen LogP contribution in [-0.4, -0.2) is 25.8 Å². The molecule has 1 N–H and O–H groups in total. The van der Waals surface area contributed by atoms with Gasteiger partial charge in [0.25, 0.3) is 5.56 Å². The van der Waals surface area contributed by atoms with Crippen molar-refractivity contribution in [2.45, 2.75) is 38.5 Å². The van der Waals surface area contributed by atoms with Gasteiger partial charge in [-0.3, -0.25) is 18.7 Å². The van der Waals surface area contributed by atoms with E-state index in [0.29, 0.717) is 15.9 Å². The molecule has 0 fully saturated rings. The lowest BCUT2D eigenvalue weighted by atomic mass is 10.0. The first kappa shape index (κ1) is 21.8. The Balaban J connectivity index is 2.00. The SMILES string of the molecule is Cc1cc(C)cc(NC(=O)CSc2c(C(C)C)cnc3c2c(=O)n(C)c(=O)n3C)c1. The van der Waals surface area contributed by atoms with Crippen molar-refractivity contribution in [3.63, 3.8) is 0 Å². The van der Waals surface area contributed by atoms with Crippen molar-refractivity contribution in [3.8, 4) is 0 Å². The molecule has 3 rings (SSSR count). The normalized spacial score (nSPS) is 11.3. The predicted octanol–water partition coefficient (Wildman–Crippen LogP) is 3.10. The molecule has 0 atom stereocenters. The number of fused-ring (bicyclic) bond motifs is 1. The zero-order valence-electron chi connectivity index (χ0n) is 18.1. The van der Waals surface area contributed by atoms with Gasteiger partial charge >= 0.3 is 5.69 Å². The van der Waals surface area contributed by atoms with Gasteiger partial charge in [-0.25, -0.2) is 9.78 Å². The molecule has 0 aliphatic carbocycles. The molecule has 0 saturated heterocycles. The molecule has 7 nitrogen and oxygen atoms in total. The molecule has 0 radical (unpaired) electrons. The molecular weight excluding hydrogens is 400 g/mol. The van der Waals surface area contributed by atoms with Gasteiger partial charge in [0.2, 0.25) is 5.91 Å². The van der Waals surface area contributed by atoms with Crippen molar-refractivity contribution in [1.29, 1.82) is 0 Å². The molecule has 0 aliphatic rings. The van der Waals surface area contributed by atoms with Gasteiger partial charge in [0.1, 0.15) is 5.65 Å². The first-order valence-electron chi connectivity index (χ1n) is 9.69. The summed E-state index contributed by atoms with van der Waals surface area (Å²) in [4.78, 5) is 42.9. The number of carbonyl (C=O) groups excluding carboxylic acids is 1. The smallest absolute Gasteiger partial charge is 0.325 e. The minimum Gasteiger partial charge on any atom is -0.325 e. The number of carbonyl (C=O) groups is 1. The van der Waals surface area contributed by atoms with Gasteiger partial charge in [-0.1, -0.05) is 19.9 Å². The van der Waals surface area contributed by atoms with E-state index in [9.17, 15) is 14.4 Å². The fourth-order valence-electron chi connectivity index (χ4n) is 3.47. The summed E-state index contributed by atoms with van der Waals surface area (Å²) in [6, 6.07) is 5.88. The van der Waals surface area contributed by atoms with Crippen LogP contribution in [0.2, 0.25) is 0 Å². The van der Waals surface area contributed by atoms with Gasteiger partial charge in [-0.15, -0.1) is 11.8 Å². The van der Waals surface area contributed by atoms with Crippen LogP contribution >= 0.6 is 11.8 Å². The zero-order chi connectivity index (χ0) is 22.2. The van der Waals surface area contributed by atoms with Crippen LogP contribution in [-0.2, 0) is 18.9 Å². The molecule has 0 bridgehead atoms. The van der Waals surface area contributed by atoms with Gasteiger partial charge in [-0.05, 0) is 48.6 Å². The standard InChI is InChI=1S/C22H26N4O3S/c1-12(2)16-10-23-20-18(21(28)26(6)22(29)25(20)5)19(16)30-11-17(27)24-15-8-13(3)7-14(4)9-15/h7-10,12H,11H2,1-6H3,(H,24,27). The van der Waals surface area contributed by atoms with E-state index in [2.05, 4.69) is 10.3 Å². The number of aryl methyl sites for hydroxylation is 3. The van der Waals surface area contributed by atoms with Gasteiger partial charge in [0, 0.05) is 30.9 Å². The molecule has 1 aromatic carbocycles. The minimum absolute atomic E-state index is 0.105. The Kier molecular flexibility index (Phi) is 6.17. The highest BCUT2D eigenvalue weighted by Crippen LogP contribution is 2.32. The van der Waals surface area contributed by atoms with E-state index in [1.807, 2.05) is 45.9 Å². The van der Waals surface area contributed by atoms with Crippen LogP contribution in [0.3, 0.4) is 0 Å². The predicted molar refractivity (Wildman–Crippen MR) is 122 cm³/mol. The second-order valence-corrected chi connectivity index (χ2v) is 8.80. The quantitative estimate of drug-likeness (QED) is 0.634. The molecule has 2 heterocycles. The molecule has 0 saturated carbocycles. The third-order valence-electron chi connectivity index (χ3n) is 4.92. The van der Waals surface area contributed by atoms with E-state index in [1.165, 1.54) is 23.4 Å². The maximum Gasteiger partial charge on any atom is 0.332 e. The number of nitrogens with zero attached hydrogens (tertiary/aromatic N) is 3. The summed E-state index contributed by atoms with van der Waals surface area (Å²) in [7, 11) is 3.04. The van der Waals surface area contributed by atoms with Crippen molar-refractivity contribution >= 4 is 34.4 Å². The molecule has 1 amide bonds. The number of amides is 1. The topological polar surface area (TPSA) is 86.0 Å². The fourth-order valence-corrected chi connectivity index (χ4v) is 4.59. The minimum atomic E-state index is -0.430. The Hall–Kier alpha value is -2.87. The first-order chi connectivity index (χ1) is 14.1. The summed E-state index contributed by atoms with van der Waals surface area (Å²) < 4.78 is 2.44. The lowest BCUT2D eigenvalue weighted by Gasteiger charge is -2.16. The summed E-state index contributed by atoms with van der Waals surface area (Å²) in [5.41, 5.74) is 3.27. The Bertz CT molecular complexity index is 1240. The van der Waals surface area contributed by atoms with Crippen molar-refractivity contribution in [2.24, 2.45) is 14.1 Å². The van der Waals surface area contributed by atoms with E-state index in [4.69, 9.17) is 0 Å². The highest BCUT2D eigenvalue weighted by Gasteiger charge is 2.20. The van der Waals surface area contributed by atoms with Crippen LogP contribution in [0.25, 0.3) is 11.0 Å². The monoisotopic (exact) mass is 426 g/mol. The molecule has 0 unspecified atom stereocenters. The number of anilines is 1. The average molecular weight is 427 g/mol. The lowest BCUT2D eigenvalue weighted by molar-refractivity contribution is -0.113. The third kappa shape index (κ3) is 4.18. The summed E-state index contributed by atoms with van der Waals surface area (Å²) in [6.07, 6.45) is 1.69. The van der Waals surface area contributed by atoms with E-state index in [-0.39, 0.29) is 17.6 Å². The molecular formula is C22H26N4O3S. The van der Waals surface area contributed by atoms with E-state index >= 15 is 0 Å².